The molecule has 0 aliphatic rings. The minimum absolute atomic E-state index is 0.138. The molecule has 94 valence electrons. The van der Waals surface area contributed by atoms with E-state index in [2.05, 4.69) is 4.98 Å². The van der Waals surface area contributed by atoms with E-state index < -0.39 is 0 Å². The van der Waals surface area contributed by atoms with Gasteiger partial charge in [0, 0.05) is 32.1 Å². The van der Waals surface area contributed by atoms with Gasteiger partial charge in [0.2, 0.25) is 0 Å². The third kappa shape index (κ3) is 4.03. The van der Waals surface area contributed by atoms with Crippen LogP contribution >= 0.6 is 0 Å². The molecule has 17 heavy (non-hydrogen) atoms. The minimum atomic E-state index is -0.292. The van der Waals surface area contributed by atoms with E-state index in [-0.39, 0.29) is 23.0 Å². The minimum Gasteiger partial charge on any atom is -0.377 e. The van der Waals surface area contributed by atoms with Gasteiger partial charge in [0.05, 0.1) is 12.7 Å². The van der Waals surface area contributed by atoms with Gasteiger partial charge in [0.15, 0.2) is 5.43 Å². The fraction of sp³-hybridized carbons (Fsp3) is 0.500. The molecule has 0 aromatic carbocycles. The maximum absolute atomic E-state index is 11.9. The summed E-state index contributed by atoms with van der Waals surface area (Å²) in [6.45, 7) is 4.80. The molecular weight excluding hydrogens is 220 g/mol. The normalized spacial score (nSPS) is 10.6. The SMILES string of the molecule is CC(C)OCCN(C)C(=O)c1c[nH]ccc1=O. The van der Waals surface area contributed by atoms with Crippen LogP contribution in [-0.2, 0) is 4.74 Å². The highest BCUT2D eigenvalue weighted by Crippen LogP contribution is 1.97. The maximum Gasteiger partial charge on any atom is 0.259 e. The van der Waals surface area contributed by atoms with Gasteiger partial charge in [-0.25, -0.2) is 0 Å². The van der Waals surface area contributed by atoms with E-state index in [0.717, 1.165) is 0 Å². The molecule has 0 bridgehead atoms. The summed E-state index contributed by atoms with van der Waals surface area (Å²) in [4.78, 5) is 27.6. The molecule has 0 atom stereocenters. The highest BCUT2D eigenvalue weighted by Gasteiger charge is 2.14. The molecule has 0 saturated heterocycles. The molecule has 0 spiro atoms. The van der Waals surface area contributed by atoms with Gasteiger partial charge in [0.1, 0.15) is 5.56 Å². The van der Waals surface area contributed by atoms with Gasteiger partial charge in [-0.15, -0.1) is 0 Å². The quantitative estimate of drug-likeness (QED) is 0.828. The number of amides is 1. The highest BCUT2D eigenvalue weighted by molar-refractivity contribution is 5.93. The number of H-pyrrole nitrogens is 1. The highest BCUT2D eigenvalue weighted by atomic mass is 16.5. The van der Waals surface area contributed by atoms with Gasteiger partial charge in [-0.3, -0.25) is 9.59 Å². The van der Waals surface area contributed by atoms with Crippen molar-refractivity contribution < 1.29 is 9.53 Å². The van der Waals surface area contributed by atoms with E-state index >= 15 is 0 Å². The number of aromatic amines is 1. The molecule has 5 heteroatoms. The zero-order chi connectivity index (χ0) is 12.8. The molecule has 1 heterocycles. The Kier molecular flexibility index (Phi) is 4.90. The number of aromatic nitrogens is 1. The molecule has 5 nitrogen and oxygen atoms in total. The van der Waals surface area contributed by atoms with Crippen LogP contribution in [0.25, 0.3) is 0 Å². The van der Waals surface area contributed by atoms with Crippen LogP contribution < -0.4 is 5.43 Å². The fourth-order valence-corrected chi connectivity index (χ4v) is 1.32. The molecule has 0 unspecified atom stereocenters. The summed E-state index contributed by atoms with van der Waals surface area (Å²) in [5.41, 5.74) is -0.120. The van der Waals surface area contributed by atoms with Crippen molar-refractivity contribution in [3.63, 3.8) is 0 Å². The lowest BCUT2D eigenvalue weighted by Crippen LogP contribution is -2.33. The number of nitrogens with one attached hydrogen (secondary N) is 1. The lowest BCUT2D eigenvalue weighted by atomic mass is 10.2. The molecule has 0 saturated carbocycles. The lowest BCUT2D eigenvalue weighted by Gasteiger charge is -2.17. The van der Waals surface area contributed by atoms with E-state index in [0.29, 0.717) is 13.2 Å². The number of hydrogen-bond donors (Lipinski definition) is 1. The molecular formula is C12H18N2O3. The van der Waals surface area contributed by atoms with Crippen LogP contribution in [0, 0.1) is 0 Å². The second kappa shape index (κ2) is 6.20. The number of pyridine rings is 1. The van der Waals surface area contributed by atoms with Crippen LogP contribution in [0.1, 0.15) is 24.2 Å². The molecule has 0 fully saturated rings. The van der Waals surface area contributed by atoms with Crippen LogP contribution in [0.15, 0.2) is 23.3 Å². The number of carbonyl (C=O) groups excluding carboxylic acids is 1. The predicted molar refractivity (Wildman–Crippen MR) is 65.1 cm³/mol. The molecule has 1 rings (SSSR count). The van der Waals surface area contributed by atoms with Crippen molar-refractivity contribution in [2.24, 2.45) is 0 Å². The van der Waals surface area contributed by atoms with Gasteiger partial charge in [-0.1, -0.05) is 0 Å². The Hall–Kier alpha value is -1.62. The summed E-state index contributed by atoms with van der Waals surface area (Å²) in [5, 5.41) is 0. The number of likely N-dealkylation sites (N-methyl/N-ethyl adjacent to an activating group) is 1. The molecule has 0 aliphatic heterocycles. The van der Waals surface area contributed by atoms with Crippen LogP contribution in [0.4, 0.5) is 0 Å². The first-order chi connectivity index (χ1) is 8.02. The van der Waals surface area contributed by atoms with E-state index in [1.807, 2.05) is 13.8 Å². The smallest absolute Gasteiger partial charge is 0.259 e. The molecule has 0 aliphatic carbocycles. The Balaban J connectivity index is 2.58. The van der Waals surface area contributed by atoms with Crippen molar-refractivity contribution in [1.82, 2.24) is 9.88 Å². The Morgan fingerprint density at radius 2 is 2.24 bits per heavy atom. The first kappa shape index (κ1) is 13.4. The van der Waals surface area contributed by atoms with Crippen molar-refractivity contribution in [1.29, 1.82) is 0 Å². The average Bonchev–Trinajstić information content (AvgIpc) is 2.28. The number of hydrogen-bond acceptors (Lipinski definition) is 3. The summed E-state index contributed by atoms with van der Waals surface area (Å²) < 4.78 is 5.35. The first-order valence-electron chi connectivity index (χ1n) is 5.56. The lowest BCUT2D eigenvalue weighted by molar-refractivity contribution is 0.0531. The van der Waals surface area contributed by atoms with Crippen molar-refractivity contribution in [3.05, 3.63) is 34.2 Å². The van der Waals surface area contributed by atoms with Crippen molar-refractivity contribution >= 4 is 5.91 Å². The zero-order valence-electron chi connectivity index (χ0n) is 10.4. The summed E-state index contributed by atoms with van der Waals surface area (Å²) in [5.74, 6) is -0.292. The number of nitrogens with zero attached hydrogens (tertiary/aromatic N) is 1. The summed E-state index contributed by atoms with van der Waals surface area (Å²) in [6, 6.07) is 1.34. The van der Waals surface area contributed by atoms with Crippen LogP contribution in [-0.4, -0.2) is 42.1 Å². The van der Waals surface area contributed by atoms with Gasteiger partial charge in [0.25, 0.3) is 5.91 Å². The molecule has 1 aromatic rings. The van der Waals surface area contributed by atoms with Crippen LogP contribution in [0.2, 0.25) is 0 Å². The average molecular weight is 238 g/mol. The molecule has 0 radical (unpaired) electrons. The van der Waals surface area contributed by atoms with E-state index in [1.165, 1.54) is 23.4 Å². The Bertz CT molecular complexity index is 426. The number of ether oxygens (including phenoxy) is 1. The van der Waals surface area contributed by atoms with Crippen molar-refractivity contribution in [2.75, 3.05) is 20.2 Å². The van der Waals surface area contributed by atoms with Gasteiger partial charge < -0.3 is 14.6 Å². The number of carbonyl (C=O) groups is 1. The molecule has 1 N–H and O–H groups in total. The van der Waals surface area contributed by atoms with E-state index in [4.69, 9.17) is 4.74 Å². The largest absolute Gasteiger partial charge is 0.377 e. The number of rotatable bonds is 5. The van der Waals surface area contributed by atoms with E-state index in [1.54, 1.807) is 7.05 Å². The second-order valence-corrected chi connectivity index (χ2v) is 4.07. The van der Waals surface area contributed by atoms with Crippen molar-refractivity contribution in [2.45, 2.75) is 20.0 Å². The Labute approximate surface area is 100 Å². The monoisotopic (exact) mass is 238 g/mol. The van der Waals surface area contributed by atoms with Crippen molar-refractivity contribution in [3.8, 4) is 0 Å². The van der Waals surface area contributed by atoms with Crippen LogP contribution in [0.3, 0.4) is 0 Å². The standard InChI is InChI=1S/C12H18N2O3/c1-9(2)17-7-6-14(3)12(16)10-8-13-5-4-11(10)15/h4-5,8-9H,6-7H2,1-3H3,(H,13,15). The van der Waals surface area contributed by atoms with Crippen LogP contribution in [0.5, 0.6) is 0 Å². The summed E-state index contributed by atoms with van der Waals surface area (Å²) >= 11 is 0. The fourth-order valence-electron chi connectivity index (χ4n) is 1.32. The maximum atomic E-state index is 11.9. The topological polar surface area (TPSA) is 62.4 Å². The zero-order valence-corrected chi connectivity index (χ0v) is 10.4. The van der Waals surface area contributed by atoms with E-state index in [9.17, 15) is 9.59 Å². The van der Waals surface area contributed by atoms with Gasteiger partial charge in [-0.2, -0.15) is 0 Å². The molecule has 1 amide bonds. The third-order valence-corrected chi connectivity index (χ3v) is 2.28. The first-order valence-corrected chi connectivity index (χ1v) is 5.56. The van der Waals surface area contributed by atoms with Gasteiger partial charge >= 0.3 is 0 Å². The summed E-state index contributed by atoms with van der Waals surface area (Å²) in [7, 11) is 1.65. The Morgan fingerprint density at radius 1 is 1.53 bits per heavy atom. The predicted octanol–water partition coefficient (Wildman–Crippen LogP) is 0.872. The molecule has 1 aromatic heterocycles. The third-order valence-electron chi connectivity index (χ3n) is 2.28. The second-order valence-electron chi connectivity index (χ2n) is 4.07. The van der Waals surface area contributed by atoms with Gasteiger partial charge in [-0.05, 0) is 13.8 Å². The Morgan fingerprint density at radius 3 is 2.82 bits per heavy atom. The summed E-state index contributed by atoms with van der Waals surface area (Å²) in [6.07, 6.45) is 3.06.